The van der Waals surface area contributed by atoms with Crippen LogP contribution in [0.1, 0.15) is 43.0 Å². The summed E-state index contributed by atoms with van der Waals surface area (Å²) in [5, 5.41) is 0. The number of carbonyl (C=O) groups excluding carboxylic acids is 1. The van der Waals surface area contributed by atoms with Crippen molar-refractivity contribution in [2.24, 2.45) is 5.92 Å². The van der Waals surface area contributed by atoms with E-state index >= 15 is 0 Å². The first-order valence-electron chi connectivity index (χ1n) is 6.03. The van der Waals surface area contributed by atoms with E-state index < -0.39 is 0 Å². The van der Waals surface area contributed by atoms with Crippen molar-refractivity contribution in [2.45, 2.75) is 38.7 Å². The van der Waals surface area contributed by atoms with Crippen molar-refractivity contribution < 1.29 is 9.53 Å². The minimum Gasteiger partial charge on any atom is -0.459 e. The number of hydrogen-bond acceptors (Lipinski definition) is 2. The molecule has 1 aliphatic carbocycles. The number of benzene rings is 1. The maximum absolute atomic E-state index is 11.8. The second kappa shape index (κ2) is 5.15. The molecule has 0 heterocycles. The Hall–Kier alpha value is -1.31. The van der Waals surface area contributed by atoms with Gasteiger partial charge in [0.15, 0.2) is 0 Å². The molecule has 0 aromatic heterocycles. The molecule has 1 fully saturated rings. The van der Waals surface area contributed by atoms with E-state index in [4.69, 9.17) is 4.74 Å². The van der Waals surface area contributed by atoms with Crippen LogP contribution in [0, 0.1) is 5.92 Å². The maximum Gasteiger partial charge on any atom is 0.338 e. The molecule has 0 spiro atoms. The lowest BCUT2D eigenvalue weighted by Gasteiger charge is -2.28. The first-order chi connectivity index (χ1) is 7.77. The predicted molar refractivity (Wildman–Crippen MR) is 63.3 cm³/mol. The van der Waals surface area contributed by atoms with Crippen molar-refractivity contribution in [3.8, 4) is 0 Å². The van der Waals surface area contributed by atoms with Gasteiger partial charge in [-0.2, -0.15) is 0 Å². The highest BCUT2D eigenvalue weighted by atomic mass is 16.5. The molecular formula is C14H18O2. The van der Waals surface area contributed by atoms with Crippen LogP contribution in [0.2, 0.25) is 0 Å². The lowest BCUT2D eigenvalue weighted by atomic mass is 9.88. The van der Waals surface area contributed by atoms with Crippen molar-refractivity contribution >= 4 is 5.97 Å². The van der Waals surface area contributed by atoms with Crippen LogP contribution in [-0.2, 0) is 4.74 Å². The molecule has 2 atom stereocenters. The largest absolute Gasteiger partial charge is 0.459 e. The van der Waals surface area contributed by atoms with E-state index in [0.29, 0.717) is 11.5 Å². The molecule has 1 aromatic carbocycles. The predicted octanol–water partition coefficient (Wildman–Crippen LogP) is 3.42. The number of esters is 1. The molecule has 0 N–H and O–H groups in total. The first-order valence-corrected chi connectivity index (χ1v) is 6.03. The molecular weight excluding hydrogens is 200 g/mol. The van der Waals surface area contributed by atoms with Gasteiger partial charge in [0.1, 0.15) is 6.10 Å². The van der Waals surface area contributed by atoms with Gasteiger partial charge in [-0.3, -0.25) is 0 Å². The first kappa shape index (κ1) is 11.2. The summed E-state index contributed by atoms with van der Waals surface area (Å²) in [5.41, 5.74) is 0.653. The summed E-state index contributed by atoms with van der Waals surface area (Å²) in [6, 6.07) is 9.23. The third kappa shape index (κ3) is 2.63. The molecule has 16 heavy (non-hydrogen) atoms. The Bertz CT molecular complexity index is 345. The van der Waals surface area contributed by atoms with Crippen molar-refractivity contribution in [1.29, 1.82) is 0 Å². The standard InChI is InChI=1S/C14H18O2/c1-11-7-5-6-10-13(11)16-14(15)12-8-3-2-4-9-12/h2-4,8-9,11,13H,5-7,10H2,1H3. The van der Waals surface area contributed by atoms with Crippen LogP contribution in [-0.4, -0.2) is 12.1 Å². The van der Waals surface area contributed by atoms with Crippen LogP contribution in [0.25, 0.3) is 0 Å². The van der Waals surface area contributed by atoms with Crippen molar-refractivity contribution in [3.05, 3.63) is 35.9 Å². The van der Waals surface area contributed by atoms with Crippen LogP contribution in [0.3, 0.4) is 0 Å². The Kier molecular flexibility index (Phi) is 3.60. The van der Waals surface area contributed by atoms with Crippen molar-refractivity contribution in [1.82, 2.24) is 0 Å². The highest BCUT2D eigenvalue weighted by Gasteiger charge is 2.24. The normalized spacial score (nSPS) is 25.1. The van der Waals surface area contributed by atoms with Gasteiger partial charge in [-0.05, 0) is 37.3 Å². The highest BCUT2D eigenvalue weighted by Crippen LogP contribution is 2.26. The van der Waals surface area contributed by atoms with E-state index in [1.165, 1.54) is 19.3 Å². The third-order valence-electron chi connectivity index (χ3n) is 3.30. The third-order valence-corrected chi connectivity index (χ3v) is 3.30. The fourth-order valence-corrected chi connectivity index (χ4v) is 2.24. The zero-order valence-electron chi connectivity index (χ0n) is 9.69. The molecule has 0 amide bonds. The zero-order chi connectivity index (χ0) is 11.4. The van der Waals surface area contributed by atoms with Gasteiger partial charge < -0.3 is 4.74 Å². The Morgan fingerprint density at radius 3 is 2.56 bits per heavy atom. The van der Waals surface area contributed by atoms with E-state index in [2.05, 4.69) is 6.92 Å². The highest BCUT2D eigenvalue weighted by molar-refractivity contribution is 5.89. The van der Waals surface area contributed by atoms with Crippen molar-refractivity contribution in [2.75, 3.05) is 0 Å². The van der Waals surface area contributed by atoms with E-state index in [1.54, 1.807) is 12.1 Å². The molecule has 1 saturated carbocycles. The maximum atomic E-state index is 11.8. The second-order valence-corrected chi connectivity index (χ2v) is 4.57. The molecule has 2 nitrogen and oxygen atoms in total. The van der Waals surface area contributed by atoms with Gasteiger partial charge in [0, 0.05) is 0 Å². The molecule has 86 valence electrons. The zero-order valence-corrected chi connectivity index (χ0v) is 9.69. The SMILES string of the molecule is CC1CCCCC1OC(=O)c1ccccc1. The topological polar surface area (TPSA) is 26.3 Å². The van der Waals surface area contributed by atoms with Crippen LogP contribution < -0.4 is 0 Å². The average molecular weight is 218 g/mol. The van der Waals surface area contributed by atoms with Gasteiger partial charge in [0.2, 0.25) is 0 Å². The lowest BCUT2D eigenvalue weighted by molar-refractivity contribution is 0.00482. The summed E-state index contributed by atoms with van der Waals surface area (Å²) in [7, 11) is 0. The summed E-state index contributed by atoms with van der Waals surface area (Å²) in [6.45, 7) is 2.17. The fraction of sp³-hybridized carbons (Fsp3) is 0.500. The van der Waals surface area contributed by atoms with Crippen LogP contribution >= 0.6 is 0 Å². The Balaban J connectivity index is 1.96. The fourth-order valence-electron chi connectivity index (χ4n) is 2.24. The van der Waals surface area contributed by atoms with Gasteiger partial charge >= 0.3 is 5.97 Å². The average Bonchev–Trinajstić information content (AvgIpc) is 2.33. The number of rotatable bonds is 2. The van der Waals surface area contributed by atoms with Gasteiger partial charge in [-0.15, -0.1) is 0 Å². The minimum absolute atomic E-state index is 0.112. The molecule has 2 rings (SSSR count). The van der Waals surface area contributed by atoms with E-state index in [9.17, 15) is 4.79 Å². The summed E-state index contributed by atoms with van der Waals surface area (Å²) in [6.07, 6.45) is 4.74. The molecule has 0 bridgehead atoms. The molecule has 0 aliphatic heterocycles. The molecule has 0 radical (unpaired) electrons. The summed E-state index contributed by atoms with van der Waals surface area (Å²) < 4.78 is 5.55. The van der Waals surface area contributed by atoms with Gasteiger partial charge in [-0.1, -0.05) is 31.5 Å². The summed E-state index contributed by atoms with van der Waals surface area (Å²) in [5.74, 6) is 0.320. The van der Waals surface area contributed by atoms with Gasteiger partial charge in [0.05, 0.1) is 5.56 Å². The Morgan fingerprint density at radius 1 is 1.19 bits per heavy atom. The minimum atomic E-state index is -0.181. The van der Waals surface area contributed by atoms with Gasteiger partial charge in [-0.25, -0.2) is 4.79 Å². The van der Waals surface area contributed by atoms with Crippen LogP contribution in [0.15, 0.2) is 30.3 Å². The van der Waals surface area contributed by atoms with E-state index in [0.717, 1.165) is 6.42 Å². The Labute approximate surface area is 96.6 Å². The monoisotopic (exact) mass is 218 g/mol. The van der Waals surface area contributed by atoms with Gasteiger partial charge in [0.25, 0.3) is 0 Å². The molecule has 2 unspecified atom stereocenters. The van der Waals surface area contributed by atoms with Crippen LogP contribution in [0.5, 0.6) is 0 Å². The number of hydrogen-bond donors (Lipinski definition) is 0. The lowest BCUT2D eigenvalue weighted by Crippen LogP contribution is -2.28. The van der Waals surface area contributed by atoms with Crippen LogP contribution in [0.4, 0.5) is 0 Å². The molecule has 2 heteroatoms. The van der Waals surface area contributed by atoms with E-state index in [1.807, 2.05) is 18.2 Å². The molecule has 1 aromatic rings. The summed E-state index contributed by atoms with van der Waals surface area (Å²) in [4.78, 5) is 11.8. The summed E-state index contributed by atoms with van der Waals surface area (Å²) >= 11 is 0. The quantitative estimate of drug-likeness (QED) is 0.711. The molecule has 1 aliphatic rings. The number of ether oxygens (including phenoxy) is 1. The van der Waals surface area contributed by atoms with Crippen molar-refractivity contribution in [3.63, 3.8) is 0 Å². The second-order valence-electron chi connectivity index (χ2n) is 4.57. The smallest absolute Gasteiger partial charge is 0.338 e. The number of carbonyl (C=O) groups is 1. The molecule has 0 saturated heterocycles. The Morgan fingerprint density at radius 2 is 1.88 bits per heavy atom. The van der Waals surface area contributed by atoms with E-state index in [-0.39, 0.29) is 12.1 Å².